The largest absolute Gasteiger partial charge is 0.343 e. The molecule has 1 N–H and O–H groups in total. The van der Waals surface area contributed by atoms with E-state index in [-0.39, 0.29) is 18.4 Å². The Morgan fingerprint density at radius 2 is 1.78 bits per heavy atom. The van der Waals surface area contributed by atoms with Gasteiger partial charge >= 0.3 is 0 Å². The minimum absolute atomic E-state index is 0.0292. The first-order chi connectivity index (χ1) is 13.0. The maximum atomic E-state index is 12.4. The van der Waals surface area contributed by atoms with Crippen molar-refractivity contribution in [2.24, 2.45) is 0 Å². The summed E-state index contributed by atoms with van der Waals surface area (Å²) in [6.45, 7) is 5.69. The van der Waals surface area contributed by atoms with Crippen LogP contribution in [0.5, 0.6) is 0 Å². The van der Waals surface area contributed by atoms with E-state index in [2.05, 4.69) is 16.3 Å². The summed E-state index contributed by atoms with van der Waals surface area (Å²) in [6.07, 6.45) is 0. The number of aryl methyl sites for hydroxylation is 1. The van der Waals surface area contributed by atoms with Crippen LogP contribution in [0.1, 0.15) is 21.5 Å². The second-order valence-electron chi connectivity index (χ2n) is 6.78. The van der Waals surface area contributed by atoms with Gasteiger partial charge in [-0.3, -0.25) is 14.5 Å². The fourth-order valence-electron chi connectivity index (χ4n) is 3.24. The highest BCUT2D eigenvalue weighted by Crippen LogP contribution is 2.14. The van der Waals surface area contributed by atoms with Gasteiger partial charge < -0.3 is 10.2 Å². The van der Waals surface area contributed by atoms with Crippen molar-refractivity contribution in [1.29, 1.82) is 0 Å². The first-order valence-electron chi connectivity index (χ1n) is 9.11. The van der Waals surface area contributed by atoms with Gasteiger partial charge in [0.2, 0.25) is 5.91 Å². The molecule has 1 aliphatic heterocycles. The van der Waals surface area contributed by atoms with Crippen molar-refractivity contribution >= 4 is 23.4 Å². The molecule has 1 fully saturated rings. The Morgan fingerprint density at radius 3 is 2.48 bits per heavy atom. The molecule has 3 rings (SSSR count). The molecule has 2 aromatic rings. The molecule has 1 heterocycles. The Bertz CT molecular complexity index is 817. The number of halogens is 1. The molecule has 0 spiro atoms. The monoisotopic (exact) mass is 385 g/mol. The molecular weight excluding hydrogens is 362 g/mol. The van der Waals surface area contributed by atoms with Gasteiger partial charge in [-0.2, -0.15) is 0 Å². The van der Waals surface area contributed by atoms with E-state index in [1.165, 1.54) is 5.56 Å². The molecule has 0 unspecified atom stereocenters. The molecule has 0 bridgehead atoms. The van der Waals surface area contributed by atoms with Crippen LogP contribution in [-0.4, -0.2) is 54.3 Å². The number of piperazine rings is 1. The van der Waals surface area contributed by atoms with Gasteiger partial charge in [-0.25, -0.2) is 0 Å². The zero-order valence-corrected chi connectivity index (χ0v) is 16.2. The molecule has 0 aliphatic carbocycles. The molecule has 0 radical (unpaired) electrons. The quantitative estimate of drug-likeness (QED) is 0.861. The molecule has 27 heavy (non-hydrogen) atoms. The van der Waals surface area contributed by atoms with Gasteiger partial charge in [0.1, 0.15) is 0 Å². The zero-order chi connectivity index (χ0) is 19.2. The van der Waals surface area contributed by atoms with Crippen molar-refractivity contribution in [3.8, 4) is 0 Å². The number of carbonyl (C=O) groups excluding carboxylic acids is 2. The number of hydrogen-bond donors (Lipinski definition) is 1. The maximum absolute atomic E-state index is 12.4. The summed E-state index contributed by atoms with van der Waals surface area (Å²) in [5.41, 5.74) is 2.68. The van der Waals surface area contributed by atoms with E-state index in [4.69, 9.17) is 11.6 Å². The predicted octanol–water partition coefficient (Wildman–Crippen LogP) is 2.72. The van der Waals surface area contributed by atoms with Crippen molar-refractivity contribution < 1.29 is 9.59 Å². The fourth-order valence-corrected chi connectivity index (χ4v) is 3.45. The third-order valence-corrected chi connectivity index (χ3v) is 5.05. The third-order valence-electron chi connectivity index (χ3n) is 4.81. The van der Waals surface area contributed by atoms with Crippen LogP contribution in [0.3, 0.4) is 0 Å². The standard InChI is InChI=1S/C21H24ClN3O2/c1-16-5-2-3-8-19(16)21(27)23-14-20(26)25-11-9-24(10-12-25)15-17-6-4-7-18(22)13-17/h2-8,13H,9-12,14-15H2,1H3,(H,23,27). The van der Waals surface area contributed by atoms with E-state index in [1.807, 2.05) is 48.2 Å². The number of carbonyl (C=O) groups is 2. The Balaban J connectivity index is 1.44. The summed E-state index contributed by atoms with van der Waals surface area (Å²) in [5.74, 6) is -0.250. The summed E-state index contributed by atoms with van der Waals surface area (Å²) in [7, 11) is 0. The summed E-state index contributed by atoms with van der Waals surface area (Å²) < 4.78 is 0. The second-order valence-corrected chi connectivity index (χ2v) is 7.22. The number of benzene rings is 2. The van der Waals surface area contributed by atoms with Gasteiger partial charge in [0.15, 0.2) is 0 Å². The lowest BCUT2D eigenvalue weighted by Crippen LogP contribution is -2.50. The molecule has 0 aromatic heterocycles. The van der Waals surface area contributed by atoms with Crippen LogP contribution < -0.4 is 5.32 Å². The minimum atomic E-state index is -0.207. The van der Waals surface area contributed by atoms with Gasteiger partial charge in [-0.1, -0.05) is 41.9 Å². The number of amides is 2. The van der Waals surface area contributed by atoms with Gasteiger partial charge in [-0.05, 0) is 36.2 Å². The smallest absolute Gasteiger partial charge is 0.251 e. The minimum Gasteiger partial charge on any atom is -0.343 e. The molecule has 5 nitrogen and oxygen atoms in total. The lowest BCUT2D eigenvalue weighted by molar-refractivity contribution is -0.131. The molecular formula is C21H24ClN3O2. The van der Waals surface area contributed by atoms with Crippen molar-refractivity contribution in [2.75, 3.05) is 32.7 Å². The van der Waals surface area contributed by atoms with Crippen LogP contribution in [0.2, 0.25) is 5.02 Å². The van der Waals surface area contributed by atoms with Crippen LogP contribution in [0.15, 0.2) is 48.5 Å². The Morgan fingerprint density at radius 1 is 1.04 bits per heavy atom. The van der Waals surface area contributed by atoms with E-state index < -0.39 is 0 Å². The molecule has 2 aromatic carbocycles. The number of rotatable bonds is 5. The topological polar surface area (TPSA) is 52.7 Å². The van der Waals surface area contributed by atoms with E-state index in [9.17, 15) is 9.59 Å². The highest BCUT2D eigenvalue weighted by molar-refractivity contribution is 6.30. The van der Waals surface area contributed by atoms with E-state index in [1.54, 1.807) is 6.07 Å². The molecule has 142 valence electrons. The van der Waals surface area contributed by atoms with Crippen LogP contribution in [0.25, 0.3) is 0 Å². The lowest BCUT2D eigenvalue weighted by atomic mass is 10.1. The van der Waals surface area contributed by atoms with Gasteiger partial charge in [0, 0.05) is 43.3 Å². The normalized spacial score (nSPS) is 14.8. The van der Waals surface area contributed by atoms with Crippen molar-refractivity contribution in [3.05, 3.63) is 70.2 Å². The number of hydrogen-bond acceptors (Lipinski definition) is 3. The van der Waals surface area contributed by atoms with Gasteiger partial charge in [0.05, 0.1) is 6.54 Å². The SMILES string of the molecule is Cc1ccccc1C(=O)NCC(=O)N1CCN(Cc2cccc(Cl)c2)CC1. The van der Waals surface area contributed by atoms with Gasteiger partial charge in [-0.15, -0.1) is 0 Å². The van der Waals surface area contributed by atoms with Gasteiger partial charge in [0.25, 0.3) is 5.91 Å². The Kier molecular flexibility index (Phi) is 6.48. The van der Waals surface area contributed by atoms with E-state index in [0.29, 0.717) is 18.7 Å². The van der Waals surface area contributed by atoms with E-state index in [0.717, 1.165) is 30.2 Å². The predicted molar refractivity (Wildman–Crippen MR) is 107 cm³/mol. The second kappa shape index (κ2) is 9.02. The van der Waals surface area contributed by atoms with Crippen molar-refractivity contribution in [2.45, 2.75) is 13.5 Å². The third kappa shape index (κ3) is 5.31. The molecule has 1 saturated heterocycles. The summed E-state index contributed by atoms with van der Waals surface area (Å²) in [5, 5.41) is 3.48. The first kappa shape index (κ1) is 19.4. The fraction of sp³-hybridized carbons (Fsp3) is 0.333. The Hall–Kier alpha value is -2.37. The highest BCUT2D eigenvalue weighted by atomic mass is 35.5. The summed E-state index contributed by atoms with van der Waals surface area (Å²) in [6, 6.07) is 15.2. The summed E-state index contributed by atoms with van der Waals surface area (Å²) in [4.78, 5) is 28.8. The number of nitrogens with one attached hydrogen (secondary N) is 1. The molecule has 6 heteroatoms. The molecule has 0 atom stereocenters. The van der Waals surface area contributed by atoms with Crippen LogP contribution >= 0.6 is 11.6 Å². The van der Waals surface area contributed by atoms with Crippen molar-refractivity contribution in [1.82, 2.24) is 15.1 Å². The highest BCUT2D eigenvalue weighted by Gasteiger charge is 2.21. The van der Waals surface area contributed by atoms with Crippen molar-refractivity contribution in [3.63, 3.8) is 0 Å². The zero-order valence-electron chi connectivity index (χ0n) is 15.5. The average molecular weight is 386 g/mol. The van der Waals surface area contributed by atoms with E-state index >= 15 is 0 Å². The van der Waals surface area contributed by atoms with Crippen LogP contribution in [0, 0.1) is 6.92 Å². The Labute approximate surface area is 164 Å². The first-order valence-corrected chi connectivity index (χ1v) is 9.49. The van der Waals surface area contributed by atoms with Crippen LogP contribution in [0.4, 0.5) is 0 Å². The average Bonchev–Trinajstić information content (AvgIpc) is 2.67. The number of nitrogens with zero attached hydrogens (tertiary/aromatic N) is 2. The lowest BCUT2D eigenvalue weighted by Gasteiger charge is -2.34. The molecule has 1 aliphatic rings. The maximum Gasteiger partial charge on any atom is 0.251 e. The molecule has 0 saturated carbocycles. The van der Waals surface area contributed by atoms with Crippen LogP contribution in [-0.2, 0) is 11.3 Å². The summed E-state index contributed by atoms with van der Waals surface area (Å²) >= 11 is 6.04. The molecule has 2 amide bonds.